The van der Waals surface area contributed by atoms with Crippen LogP contribution in [0.4, 0.5) is 0 Å². The molecule has 0 atom stereocenters. The summed E-state index contributed by atoms with van der Waals surface area (Å²) in [5.41, 5.74) is 1.59. The van der Waals surface area contributed by atoms with Gasteiger partial charge in [0.05, 0.1) is 0 Å². The molecule has 5 heteroatoms. The fourth-order valence-corrected chi connectivity index (χ4v) is 2.15. The van der Waals surface area contributed by atoms with Gasteiger partial charge in [0.1, 0.15) is 0 Å². The fraction of sp³-hybridized carbons (Fsp3) is 0.429. The molecule has 2 N–H and O–H groups in total. The van der Waals surface area contributed by atoms with Gasteiger partial charge in [0.25, 0.3) is 5.91 Å². The minimum absolute atomic E-state index is 0.105. The van der Waals surface area contributed by atoms with Gasteiger partial charge in [-0.25, -0.2) is 0 Å². The molecule has 1 aliphatic carbocycles. The second-order valence-corrected chi connectivity index (χ2v) is 5.70. The SMILES string of the molecule is Cc1ccc(Br)cc1C(=O)NCCNC(=O)C1CC1. The normalized spacial score (nSPS) is 14.0. The Kier molecular flexibility index (Phi) is 4.58. The van der Waals surface area contributed by atoms with Crippen LogP contribution in [0, 0.1) is 12.8 Å². The summed E-state index contributed by atoms with van der Waals surface area (Å²) in [7, 11) is 0. The Hall–Kier alpha value is -1.36. The molecule has 0 aromatic heterocycles. The lowest BCUT2D eigenvalue weighted by Gasteiger charge is -2.09. The van der Waals surface area contributed by atoms with Crippen LogP contribution in [0.1, 0.15) is 28.8 Å². The Morgan fingerprint density at radius 2 is 1.95 bits per heavy atom. The molecule has 2 amide bonds. The molecular formula is C14H17BrN2O2. The van der Waals surface area contributed by atoms with Crippen molar-refractivity contribution in [3.8, 4) is 0 Å². The maximum atomic E-state index is 12.0. The maximum absolute atomic E-state index is 12.0. The van der Waals surface area contributed by atoms with Crippen molar-refractivity contribution in [2.24, 2.45) is 5.92 Å². The van der Waals surface area contributed by atoms with E-state index in [0.717, 1.165) is 22.9 Å². The van der Waals surface area contributed by atoms with Crippen molar-refractivity contribution >= 4 is 27.7 Å². The molecule has 0 bridgehead atoms. The standard InChI is InChI=1S/C14H17BrN2O2/c1-9-2-5-11(15)8-12(9)14(19)17-7-6-16-13(18)10-3-4-10/h2,5,8,10H,3-4,6-7H2,1H3,(H,16,18)(H,17,19). The van der Waals surface area contributed by atoms with Gasteiger partial charge in [0.15, 0.2) is 0 Å². The molecule has 2 rings (SSSR count). The fourth-order valence-electron chi connectivity index (χ4n) is 1.79. The highest BCUT2D eigenvalue weighted by Crippen LogP contribution is 2.28. The third-order valence-electron chi connectivity index (χ3n) is 3.10. The molecule has 0 radical (unpaired) electrons. The second kappa shape index (κ2) is 6.19. The number of halogens is 1. The lowest BCUT2D eigenvalue weighted by Crippen LogP contribution is -2.35. The molecule has 1 aromatic carbocycles. The van der Waals surface area contributed by atoms with E-state index < -0.39 is 0 Å². The summed E-state index contributed by atoms with van der Waals surface area (Å²) >= 11 is 3.35. The Labute approximate surface area is 121 Å². The minimum Gasteiger partial charge on any atom is -0.354 e. The van der Waals surface area contributed by atoms with Crippen LogP contribution in [0.15, 0.2) is 22.7 Å². The van der Waals surface area contributed by atoms with E-state index in [0.29, 0.717) is 18.7 Å². The van der Waals surface area contributed by atoms with E-state index >= 15 is 0 Å². The van der Waals surface area contributed by atoms with Crippen LogP contribution in [0.25, 0.3) is 0 Å². The quantitative estimate of drug-likeness (QED) is 0.814. The molecule has 4 nitrogen and oxygen atoms in total. The number of nitrogens with one attached hydrogen (secondary N) is 2. The van der Waals surface area contributed by atoms with Crippen LogP contribution < -0.4 is 10.6 Å². The molecule has 0 unspecified atom stereocenters. The van der Waals surface area contributed by atoms with Crippen molar-refractivity contribution in [3.05, 3.63) is 33.8 Å². The first kappa shape index (κ1) is 14.1. The van der Waals surface area contributed by atoms with Gasteiger partial charge < -0.3 is 10.6 Å². The topological polar surface area (TPSA) is 58.2 Å². The van der Waals surface area contributed by atoms with Crippen LogP contribution in [0.5, 0.6) is 0 Å². The number of carbonyl (C=O) groups excluding carboxylic acids is 2. The van der Waals surface area contributed by atoms with Crippen LogP contribution in [-0.2, 0) is 4.79 Å². The van der Waals surface area contributed by atoms with E-state index in [1.807, 2.05) is 19.1 Å². The summed E-state index contributed by atoms with van der Waals surface area (Å²) in [6, 6.07) is 5.60. The van der Waals surface area contributed by atoms with Gasteiger partial charge in [-0.1, -0.05) is 22.0 Å². The Bertz CT molecular complexity index is 498. The number of hydrogen-bond acceptors (Lipinski definition) is 2. The van der Waals surface area contributed by atoms with Gasteiger partial charge in [-0.2, -0.15) is 0 Å². The first-order valence-electron chi connectivity index (χ1n) is 6.40. The molecule has 1 aromatic rings. The van der Waals surface area contributed by atoms with E-state index in [1.54, 1.807) is 6.07 Å². The van der Waals surface area contributed by atoms with Crippen molar-refractivity contribution < 1.29 is 9.59 Å². The first-order valence-corrected chi connectivity index (χ1v) is 7.19. The van der Waals surface area contributed by atoms with E-state index in [9.17, 15) is 9.59 Å². The molecule has 102 valence electrons. The van der Waals surface area contributed by atoms with Gasteiger partial charge in [-0.15, -0.1) is 0 Å². The summed E-state index contributed by atoms with van der Waals surface area (Å²) in [4.78, 5) is 23.4. The molecule has 0 heterocycles. The zero-order chi connectivity index (χ0) is 13.8. The van der Waals surface area contributed by atoms with Gasteiger partial charge in [0, 0.05) is 29.0 Å². The molecule has 0 saturated heterocycles. The summed E-state index contributed by atoms with van der Waals surface area (Å²) in [5.74, 6) is 0.204. The molecule has 0 spiro atoms. The van der Waals surface area contributed by atoms with Gasteiger partial charge in [0.2, 0.25) is 5.91 Å². The number of aryl methyl sites for hydroxylation is 1. The summed E-state index contributed by atoms with van der Waals surface area (Å²) in [6.07, 6.45) is 1.99. The lowest BCUT2D eigenvalue weighted by atomic mass is 10.1. The highest BCUT2D eigenvalue weighted by molar-refractivity contribution is 9.10. The molecular weight excluding hydrogens is 308 g/mol. The number of benzene rings is 1. The zero-order valence-electron chi connectivity index (χ0n) is 10.8. The third kappa shape index (κ3) is 4.06. The van der Waals surface area contributed by atoms with Crippen LogP contribution >= 0.6 is 15.9 Å². The molecule has 19 heavy (non-hydrogen) atoms. The number of hydrogen-bond donors (Lipinski definition) is 2. The monoisotopic (exact) mass is 324 g/mol. The van der Waals surface area contributed by atoms with Gasteiger partial charge >= 0.3 is 0 Å². The zero-order valence-corrected chi connectivity index (χ0v) is 12.4. The van der Waals surface area contributed by atoms with Crippen LogP contribution in [-0.4, -0.2) is 24.9 Å². The highest BCUT2D eigenvalue weighted by atomic mass is 79.9. The number of rotatable bonds is 5. The number of amides is 2. The number of carbonyl (C=O) groups is 2. The molecule has 1 fully saturated rings. The van der Waals surface area contributed by atoms with E-state index in [2.05, 4.69) is 26.6 Å². The molecule has 1 saturated carbocycles. The van der Waals surface area contributed by atoms with Crippen molar-refractivity contribution in [3.63, 3.8) is 0 Å². The largest absolute Gasteiger partial charge is 0.354 e. The molecule has 0 aliphatic heterocycles. The van der Waals surface area contributed by atoms with E-state index in [1.165, 1.54) is 0 Å². The predicted molar refractivity (Wildman–Crippen MR) is 76.9 cm³/mol. The van der Waals surface area contributed by atoms with Crippen molar-refractivity contribution in [2.45, 2.75) is 19.8 Å². The van der Waals surface area contributed by atoms with Crippen LogP contribution in [0.3, 0.4) is 0 Å². The Morgan fingerprint density at radius 3 is 2.63 bits per heavy atom. The van der Waals surface area contributed by atoms with Crippen molar-refractivity contribution in [1.29, 1.82) is 0 Å². The lowest BCUT2D eigenvalue weighted by molar-refractivity contribution is -0.122. The maximum Gasteiger partial charge on any atom is 0.251 e. The average Bonchev–Trinajstić information content (AvgIpc) is 3.21. The highest BCUT2D eigenvalue weighted by Gasteiger charge is 2.28. The van der Waals surface area contributed by atoms with E-state index in [4.69, 9.17) is 0 Å². The van der Waals surface area contributed by atoms with Gasteiger partial charge in [-0.05, 0) is 37.5 Å². The Morgan fingerprint density at radius 1 is 1.26 bits per heavy atom. The van der Waals surface area contributed by atoms with Crippen molar-refractivity contribution in [2.75, 3.05) is 13.1 Å². The summed E-state index contributed by atoms with van der Waals surface area (Å²) in [5, 5.41) is 5.62. The minimum atomic E-state index is -0.112. The Balaban J connectivity index is 1.77. The average molecular weight is 325 g/mol. The first-order chi connectivity index (χ1) is 9.08. The van der Waals surface area contributed by atoms with E-state index in [-0.39, 0.29) is 17.7 Å². The second-order valence-electron chi connectivity index (χ2n) is 4.78. The third-order valence-corrected chi connectivity index (χ3v) is 3.60. The molecule has 1 aliphatic rings. The smallest absolute Gasteiger partial charge is 0.251 e. The van der Waals surface area contributed by atoms with Gasteiger partial charge in [-0.3, -0.25) is 9.59 Å². The van der Waals surface area contributed by atoms with Crippen LogP contribution in [0.2, 0.25) is 0 Å². The summed E-state index contributed by atoms with van der Waals surface area (Å²) < 4.78 is 0.880. The predicted octanol–water partition coefficient (Wildman–Crippen LogP) is 2.01. The summed E-state index contributed by atoms with van der Waals surface area (Å²) in [6.45, 7) is 2.83. The van der Waals surface area contributed by atoms with Crippen molar-refractivity contribution in [1.82, 2.24) is 10.6 Å².